The van der Waals surface area contributed by atoms with Crippen molar-refractivity contribution in [3.8, 4) is 5.75 Å². The standard InChI is InChI=1S/C39H50O3.CH4O/c1-20(2)25-12-14-30-29(18-25)34-35-33-26(11-10-23(7)27(33)13-15-31(40)22(5)6)19-28(21(3)4)37(35)42-38(34)36-24(8)32(41)16-17-39(30,36)9;1-2/h10-12,14,18-22,24,32,34,36,38,41H,13,15-17H2,1-9H3;2H,1H3/t24?,32?,34?,36?,38-,39?;/m0./s1. The van der Waals surface area contributed by atoms with Gasteiger partial charge < -0.3 is 14.9 Å². The first-order valence-electron chi connectivity index (χ1n) is 16.9. The molecular weight excluding hydrogens is 544 g/mol. The largest absolute Gasteiger partial charge is 0.488 e. The molecule has 6 atom stereocenters. The van der Waals surface area contributed by atoms with Gasteiger partial charge in [0.25, 0.3) is 0 Å². The first-order chi connectivity index (χ1) is 20.8. The van der Waals surface area contributed by atoms with E-state index in [4.69, 9.17) is 9.84 Å². The summed E-state index contributed by atoms with van der Waals surface area (Å²) in [5, 5.41) is 20.8. The number of rotatable bonds is 6. The van der Waals surface area contributed by atoms with Gasteiger partial charge in [0, 0.05) is 30.9 Å². The minimum atomic E-state index is -0.311. The molecular formula is C40H54O4. The van der Waals surface area contributed by atoms with Crippen molar-refractivity contribution in [2.45, 2.75) is 123 Å². The van der Waals surface area contributed by atoms with Crippen LogP contribution in [0.25, 0.3) is 10.8 Å². The quantitative estimate of drug-likeness (QED) is 0.298. The molecule has 44 heavy (non-hydrogen) atoms. The second-order valence-electron chi connectivity index (χ2n) is 14.9. The first kappa shape index (κ1) is 32.7. The van der Waals surface area contributed by atoms with Gasteiger partial charge in [0.15, 0.2) is 0 Å². The summed E-state index contributed by atoms with van der Waals surface area (Å²) in [5.41, 5.74) is 9.32. The fraction of sp³-hybridized carbons (Fsp3) is 0.575. The molecule has 0 aromatic heterocycles. The van der Waals surface area contributed by atoms with E-state index in [1.54, 1.807) is 0 Å². The summed E-state index contributed by atoms with van der Waals surface area (Å²) in [6, 6.07) is 14.1. The molecule has 3 aromatic rings. The zero-order chi connectivity index (χ0) is 32.2. The normalized spacial score (nSPS) is 26.9. The van der Waals surface area contributed by atoms with Crippen LogP contribution >= 0.6 is 0 Å². The van der Waals surface area contributed by atoms with Crippen LogP contribution in [0.4, 0.5) is 0 Å². The Morgan fingerprint density at radius 2 is 1.73 bits per heavy atom. The van der Waals surface area contributed by atoms with Gasteiger partial charge in [-0.2, -0.15) is 0 Å². The highest BCUT2D eigenvalue weighted by Crippen LogP contribution is 2.63. The van der Waals surface area contributed by atoms with Crippen LogP contribution in [0.2, 0.25) is 0 Å². The summed E-state index contributed by atoms with van der Waals surface area (Å²) >= 11 is 0. The van der Waals surface area contributed by atoms with Crippen LogP contribution in [0.3, 0.4) is 0 Å². The molecule has 2 N–H and O–H groups in total. The van der Waals surface area contributed by atoms with Crippen LogP contribution in [0.5, 0.6) is 5.75 Å². The van der Waals surface area contributed by atoms with Crippen molar-refractivity contribution in [3.63, 3.8) is 0 Å². The molecule has 238 valence electrons. The van der Waals surface area contributed by atoms with E-state index in [0.29, 0.717) is 24.0 Å². The Labute approximate surface area is 265 Å². The molecule has 0 radical (unpaired) electrons. The molecule has 1 saturated carbocycles. The smallest absolute Gasteiger partial charge is 0.135 e. The third-order valence-corrected chi connectivity index (χ3v) is 11.4. The van der Waals surface area contributed by atoms with Gasteiger partial charge >= 0.3 is 0 Å². The monoisotopic (exact) mass is 598 g/mol. The van der Waals surface area contributed by atoms with E-state index in [9.17, 15) is 9.90 Å². The summed E-state index contributed by atoms with van der Waals surface area (Å²) in [7, 11) is 1.00. The number of ketones is 1. The highest BCUT2D eigenvalue weighted by atomic mass is 16.5. The molecule has 5 unspecified atom stereocenters. The summed E-state index contributed by atoms with van der Waals surface area (Å²) in [4.78, 5) is 12.8. The van der Waals surface area contributed by atoms with E-state index in [-0.39, 0.29) is 41.3 Å². The van der Waals surface area contributed by atoms with Gasteiger partial charge in [0.1, 0.15) is 17.6 Å². The number of aryl methyl sites for hydroxylation is 2. The second-order valence-corrected chi connectivity index (χ2v) is 14.9. The van der Waals surface area contributed by atoms with Crippen LogP contribution in [-0.2, 0) is 16.6 Å². The van der Waals surface area contributed by atoms with Crippen LogP contribution in [0, 0.1) is 24.7 Å². The molecule has 0 saturated heterocycles. The van der Waals surface area contributed by atoms with E-state index in [2.05, 4.69) is 84.9 Å². The fourth-order valence-corrected chi connectivity index (χ4v) is 8.80. The number of hydrogen-bond donors (Lipinski definition) is 2. The summed E-state index contributed by atoms with van der Waals surface area (Å²) in [6.07, 6.45) is 2.77. The Morgan fingerprint density at radius 1 is 1.02 bits per heavy atom. The van der Waals surface area contributed by atoms with E-state index in [0.717, 1.165) is 32.1 Å². The summed E-state index contributed by atoms with van der Waals surface area (Å²) in [5.74, 6) is 2.63. The van der Waals surface area contributed by atoms with Gasteiger partial charge in [-0.25, -0.2) is 0 Å². The molecule has 2 aliphatic carbocycles. The Bertz CT molecular complexity index is 1550. The number of hydrogen-bond acceptors (Lipinski definition) is 4. The van der Waals surface area contributed by atoms with Crippen molar-refractivity contribution in [1.82, 2.24) is 0 Å². The fourth-order valence-electron chi connectivity index (χ4n) is 8.80. The van der Waals surface area contributed by atoms with Gasteiger partial charge in [-0.05, 0) is 99.6 Å². The zero-order valence-corrected chi connectivity index (χ0v) is 28.6. The predicted molar refractivity (Wildman–Crippen MR) is 181 cm³/mol. The van der Waals surface area contributed by atoms with E-state index in [1.165, 1.54) is 49.7 Å². The number of carbonyl (C=O) groups excluding carboxylic acids is 1. The van der Waals surface area contributed by atoms with Crippen molar-refractivity contribution >= 4 is 16.6 Å². The van der Waals surface area contributed by atoms with Gasteiger partial charge in [-0.3, -0.25) is 4.79 Å². The van der Waals surface area contributed by atoms with Crippen molar-refractivity contribution in [1.29, 1.82) is 0 Å². The molecule has 0 bridgehead atoms. The number of carbonyl (C=O) groups is 1. The van der Waals surface area contributed by atoms with Crippen molar-refractivity contribution in [3.05, 3.63) is 75.3 Å². The molecule has 6 rings (SSSR count). The zero-order valence-electron chi connectivity index (χ0n) is 28.6. The molecule has 3 aliphatic rings. The number of benzene rings is 3. The van der Waals surface area contributed by atoms with Crippen molar-refractivity contribution in [2.24, 2.45) is 17.8 Å². The number of ether oxygens (including phenoxy) is 1. The van der Waals surface area contributed by atoms with E-state index >= 15 is 0 Å². The average molecular weight is 599 g/mol. The average Bonchev–Trinajstić information content (AvgIpc) is 3.39. The number of Topliss-reactive ketones (excluding diaryl/α,β-unsaturated/α-hetero) is 1. The molecule has 1 fully saturated rings. The van der Waals surface area contributed by atoms with Crippen molar-refractivity contribution < 1.29 is 19.7 Å². The van der Waals surface area contributed by atoms with Crippen LogP contribution in [0.1, 0.15) is 131 Å². The van der Waals surface area contributed by atoms with Crippen molar-refractivity contribution in [2.75, 3.05) is 7.11 Å². The molecule has 3 aromatic carbocycles. The second kappa shape index (κ2) is 12.2. The predicted octanol–water partition coefficient (Wildman–Crippen LogP) is 8.73. The minimum Gasteiger partial charge on any atom is -0.488 e. The van der Waals surface area contributed by atoms with Crippen LogP contribution < -0.4 is 4.74 Å². The van der Waals surface area contributed by atoms with Gasteiger partial charge in [-0.15, -0.1) is 0 Å². The van der Waals surface area contributed by atoms with E-state index in [1.807, 2.05) is 13.8 Å². The molecule has 0 amide bonds. The van der Waals surface area contributed by atoms with E-state index < -0.39 is 0 Å². The Balaban J connectivity index is 0.00000188. The number of aliphatic hydroxyl groups excluding tert-OH is 2. The lowest BCUT2D eigenvalue weighted by atomic mass is 9.51. The molecule has 1 heterocycles. The molecule has 4 heteroatoms. The Morgan fingerprint density at radius 3 is 2.36 bits per heavy atom. The van der Waals surface area contributed by atoms with Gasteiger partial charge in [-0.1, -0.05) is 85.7 Å². The third kappa shape index (κ3) is 5.10. The minimum absolute atomic E-state index is 0.0291. The maximum Gasteiger partial charge on any atom is 0.135 e. The van der Waals surface area contributed by atoms with Crippen LogP contribution in [0.15, 0.2) is 36.4 Å². The first-order valence-corrected chi connectivity index (χ1v) is 16.9. The maximum atomic E-state index is 12.8. The lowest BCUT2D eigenvalue weighted by Gasteiger charge is -2.54. The topological polar surface area (TPSA) is 66.8 Å². The third-order valence-electron chi connectivity index (χ3n) is 11.4. The highest BCUT2D eigenvalue weighted by Gasteiger charge is 2.59. The summed E-state index contributed by atoms with van der Waals surface area (Å²) < 4.78 is 7.30. The lowest BCUT2D eigenvalue weighted by Crippen LogP contribution is -2.56. The summed E-state index contributed by atoms with van der Waals surface area (Å²) in [6.45, 7) is 20.0. The molecule has 4 nitrogen and oxygen atoms in total. The van der Waals surface area contributed by atoms with Gasteiger partial charge in [0.05, 0.1) is 12.0 Å². The maximum absolute atomic E-state index is 12.8. The lowest BCUT2D eigenvalue weighted by molar-refractivity contribution is -0.121. The Hall–Kier alpha value is -2.69. The SMILES string of the molecule is CO.Cc1ccc2cc(C(C)C)c3c(c2c1CCC(=O)C(C)C)C1c2cc(C(C)C)ccc2C2(C)CCC(O)C(C)C2[C@H]1O3. The number of aliphatic hydroxyl groups is 2. The number of fused-ring (bicyclic) bond motifs is 10. The molecule has 1 aliphatic heterocycles. The highest BCUT2D eigenvalue weighted by molar-refractivity contribution is 5.95. The Kier molecular flexibility index (Phi) is 9.10. The van der Waals surface area contributed by atoms with Gasteiger partial charge in [0.2, 0.25) is 0 Å². The van der Waals surface area contributed by atoms with Crippen LogP contribution in [-0.4, -0.2) is 35.3 Å². The molecule has 0 spiro atoms.